The smallest absolute Gasteiger partial charge is 0.257 e. The van der Waals surface area contributed by atoms with E-state index in [0.717, 1.165) is 11.3 Å². The first kappa shape index (κ1) is 16.4. The van der Waals surface area contributed by atoms with Gasteiger partial charge in [-0.2, -0.15) is 5.26 Å². The van der Waals surface area contributed by atoms with Crippen LogP contribution in [0.25, 0.3) is 0 Å². The number of nitriles is 1. The standard InChI is InChI=1S/C13H8Cl2N4O2S/c1-6-9(14)3-8(4-10(6)15)18-11(5-16)12-17-7(2)13(22-12)19(20)21/h3-4H,1-2H3. The van der Waals surface area contributed by atoms with Crippen LogP contribution in [-0.2, 0) is 0 Å². The molecule has 2 aromatic rings. The number of hydrogen-bond donors (Lipinski definition) is 0. The van der Waals surface area contributed by atoms with E-state index in [4.69, 9.17) is 23.2 Å². The molecule has 6 nitrogen and oxygen atoms in total. The molecule has 0 fully saturated rings. The summed E-state index contributed by atoms with van der Waals surface area (Å²) >= 11 is 12.8. The number of benzene rings is 1. The van der Waals surface area contributed by atoms with Gasteiger partial charge in [0.1, 0.15) is 11.8 Å². The summed E-state index contributed by atoms with van der Waals surface area (Å²) in [5.74, 6) is 0. The molecule has 1 heterocycles. The number of aliphatic imine (C=N–C) groups is 1. The van der Waals surface area contributed by atoms with E-state index in [-0.39, 0.29) is 21.4 Å². The second-order valence-corrected chi connectivity index (χ2v) is 6.07. The van der Waals surface area contributed by atoms with E-state index in [1.165, 1.54) is 6.92 Å². The van der Waals surface area contributed by atoms with Crippen molar-refractivity contribution in [2.45, 2.75) is 13.8 Å². The maximum atomic E-state index is 10.8. The molecule has 2 rings (SSSR count). The van der Waals surface area contributed by atoms with Crippen molar-refractivity contribution in [2.75, 3.05) is 0 Å². The highest BCUT2D eigenvalue weighted by molar-refractivity contribution is 7.17. The van der Waals surface area contributed by atoms with Crippen LogP contribution < -0.4 is 0 Å². The fourth-order valence-electron chi connectivity index (χ4n) is 1.61. The molecule has 0 unspecified atom stereocenters. The molecule has 0 aliphatic carbocycles. The number of nitro groups is 1. The van der Waals surface area contributed by atoms with Crippen molar-refractivity contribution in [3.8, 4) is 6.07 Å². The predicted molar refractivity (Wildman–Crippen MR) is 86.5 cm³/mol. The lowest BCUT2D eigenvalue weighted by Gasteiger charge is -2.02. The van der Waals surface area contributed by atoms with Gasteiger partial charge in [-0.15, -0.1) is 0 Å². The molecule has 0 N–H and O–H groups in total. The van der Waals surface area contributed by atoms with Crippen LogP contribution in [0.1, 0.15) is 16.3 Å². The molecule has 0 atom stereocenters. The highest BCUT2D eigenvalue weighted by atomic mass is 35.5. The zero-order valence-electron chi connectivity index (χ0n) is 11.4. The number of aromatic nitrogens is 1. The van der Waals surface area contributed by atoms with Gasteiger partial charge in [0.2, 0.25) is 0 Å². The van der Waals surface area contributed by atoms with Gasteiger partial charge in [0.15, 0.2) is 10.7 Å². The van der Waals surface area contributed by atoms with Crippen LogP contribution in [0, 0.1) is 35.3 Å². The third-order valence-corrected chi connectivity index (χ3v) is 4.65. The summed E-state index contributed by atoms with van der Waals surface area (Å²) < 4.78 is 0. The van der Waals surface area contributed by atoms with Crippen LogP contribution in [0.5, 0.6) is 0 Å². The van der Waals surface area contributed by atoms with Crippen LogP contribution in [0.15, 0.2) is 17.1 Å². The van der Waals surface area contributed by atoms with Crippen molar-refractivity contribution in [3.05, 3.63) is 48.6 Å². The summed E-state index contributed by atoms with van der Waals surface area (Å²) in [6.45, 7) is 3.27. The van der Waals surface area contributed by atoms with Crippen molar-refractivity contribution in [1.29, 1.82) is 5.26 Å². The van der Waals surface area contributed by atoms with E-state index in [1.54, 1.807) is 19.1 Å². The largest absolute Gasteiger partial charge is 0.347 e. The summed E-state index contributed by atoms with van der Waals surface area (Å²) in [5.41, 5.74) is 1.30. The molecular formula is C13H8Cl2N4O2S. The van der Waals surface area contributed by atoms with Gasteiger partial charge in [-0.25, -0.2) is 9.98 Å². The van der Waals surface area contributed by atoms with Crippen molar-refractivity contribution in [1.82, 2.24) is 4.98 Å². The van der Waals surface area contributed by atoms with E-state index in [0.29, 0.717) is 21.3 Å². The maximum absolute atomic E-state index is 10.8. The first-order chi connectivity index (χ1) is 10.3. The van der Waals surface area contributed by atoms with Crippen LogP contribution >= 0.6 is 34.5 Å². The molecule has 0 aliphatic rings. The van der Waals surface area contributed by atoms with Crippen molar-refractivity contribution in [2.24, 2.45) is 4.99 Å². The number of hydrogen-bond acceptors (Lipinski definition) is 6. The van der Waals surface area contributed by atoms with Gasteiger partial charge in [0, 0.05) is 10.0 Å². The first-order valence-corrected chi connectivity index (χ1v) is 7.47. The van der Waals surface area contributed by atoms with Crippen LogP contribution in [0.3, 0.4) is 0 Å². The average Bonchev–Trinajstić information content (AvgIpc) is 2.84. The monoisotopic (exact) mass is 354 g/mol. The molecule has 0 saturated carbocycles. The lowest BCUT2D eigenvalue weighted by Crippen LogP contribution is -1.95. The fraction of sp³-hybridized carbons (Fsp3) is 0.154. The number of thiazole rings is 1. The van der Waals surface area contributed by atoms with Crippen LogP contribution in [0.2, 0.25) is 10.0 Å². The Hall–Kier alpha value is -2.01. The van der Waals surface area contributed by atoms with E-state index in [9.17, 15) is 15.4 Å². The van der Waals surface area contributed by atoms with Gasteiger partial charge in [-0.1, -0.05) is 23.2 Å². The molecule has 1 aromatic carbocycles. The predicted octanol–water partition coefficient (Wildman–Crippen LogP) is 4.62. The second-order valence-electron chi connectivity index (χ2n) is 4.27. The first-order valence-electron chi connectivity index (χ1n) is 5.90. The molecule has 0 amide bonds. The highest BCUT2D eigenvalue weighted by Gasteiger charge is 2.20. The molecule has 0 bridgehead atoms. The van der Waals surface area contributed by atoms with E-state index >= 15 is 0 Å². The van der Waals surface area contributed by atoms with Gasteiger partial charge >= 0.3 is 5.00 Å². The zero-order valence-corrected chi connectivity index (χ0v) is 13.8. The molecule has 9 heteroatoms. The van der Waals surface area contributed by atoms with Gasteiger partial charge in [-0.3, -0.25) is 10.1 Å². The number of aryl methyl sites for hydroxylation is 1. The number of halogens is 2. The molecule has 22 heavy (non-hydrogen) atoms. The molecule has 112 valence electrons. The molecule has 0 aliphatic heterocycles. The second kappa shape index (κ2) is 6.40. The Balaban J connectivity index is 2.51. The third-order valence-electron chi connectivity index (χ3n) is 2.75. The molecule has 0 radical (unpaired) electrons. The lowest BCUT2D eigenvalue weighted by molar-refractivity contribution is -0.380. The van der Waals surface area contributed by atoms with Crippen LogP contribution in [-0.4, -0.2) is 15.6 Å². The zero-order chi connectivity index (χ0) is 16.4. The Labute approximate surface area is 139 Å². The molecular weight excluding hydrogens is 347 g/mol. The van der Waals surface area contributed by atoms with Gasteiger partial charge in [0.05, 0.1) is 10.6 Å². The Morgan fingerprint density at radius 1 is 1.41 bits per heavy atom. The Morgan fingerprint density at radius 3 is 2.45 bits per heavy atom. The van der Waals surface area contributed by atoms with Crippen molar-refractivity contribution >= 4 is 50.9 Å². The molecule has 0 spiro atoms. The minimum absolute atomic E-state index is 0.0304. The average molecular weight is 355 g/mol. The third kappa shape index (κ3) is 3.25. The molecule has 1 aromatic heterocycles. The van der Waals surface area contributed by atoms with E-state index in [2.05, 4.69) is 9.98 Å². The van der Waals surface area contributed by atoms with Crippen molar-refractivity contribution < 1.29 is 4.92 Å². The summed E-state index contributed by atoms with van der Waals surface area (Å²) in [7, 11) is 0. The molecule has 0 saturated heterocycles. The summed E-state index contributed by atoms with van der Waals surface area (Å²) in [6, 6.07) is 5.02. The van der Waals surface area contributed by atoms with Crippen LogP contribution in [0.4, 0.5) is 10.7 Å². The SMILES string of the molecule is Cc1nc(C(C#N)=Nc2cc(Cl)c(C)c(Cl)c2)sc1[N+](=O)[O-]. The van der Waals surface area contributed by atoms with E-state index < -0.39 is 4.92 Å². The van der Waals surface area contributed by atoms with Gasteiger partial charge < -0.3 is 0 Å². The summed E-state index contributed by atoms with van der Waals surface area (Å²) in [6.07, 6.45) is 0. The minimum Gasteiger partial charge on any atom is -0.257 e. The highest BCUT2D eigenvalue weighted by Crippen LogP contribution is 2.31. The fourth-order valence-corrected chi connectivity index (χ4v) is 2.90. The Morgan fingerprint density at radius 2 is 2.00 bits per heavy atom. The van der Waals surface area contributed by atoms with E-state index in [1.807, 2.05) is 6.07 Å². The number of nitrogens with zero attached hydrogens (tertiary/aromatic N) is 4. The summed E-state index contributed by atoms with van der Waals surface area (Å²) in [4.78, 5) is 18.5. The van der Waals surface area contributed by atoms with Crippen molar-refractivity contribution in [3.63, 3.8) is 0 Å². The maximum Gasteiger partial charge on any atom is 0.347 e. The Kier molecular flexibility index (Phi) is 4.76. The van der Waals surface area contributed by atoms with Gasteiger partial charge in [-0.05, 0) is 42.9 Å². The number of rotatable bonds is 3. The van der Waals surface area contributed by atoms with Gasteiger partial charge in [0.25, 0.3) is 0 Å². The lowest BCUT2D eigenvalue weighted by atomic mass is 10.2. The normalized spacial score (nSPS) is 11.3. The Bertz CT molecular complexity index is 816. The topological polar surface area (TPSA) is 92.2 Å². The quantitative estimate of drug-likeness (QED) is 0.456. The minimum atomic E-state index is -0.537. The summed E-state index contributed by atoms with van der Waals surface area (Å²) in [5, 5.41) is 21.0.